The van der Waals surface area contributed by atoms with Crippen LogP contribution >= 0.6 is 0 Å². The number of hydrogen-bond acceptors (Lipinski definition) is 1. The van der Waals surface area contributed by atoms with Gasteiger partial charge in [0.1, 0.15) is 0 Å². The second-order valence-corrected chi connectivity index (χ2v) is 4.17. The normalized spacial score (nSPS) is 13.1. The van der Waals surface area contributed by atoms with Crippen molar-refractivity contribution >= 4 is 0 Å². The van der Waals surface area contributed by atoms with E-state index in [4.69, 9.17) is 0 Å². The van der Waals surface area contributed by atoms with E-state index in [1.807, 2.05) is 0 Å². The minimum atomic E-state index is 1.06. The van der Waals surface area contributed by atoms with Crippen LogP contribution in [0.25, 0.3) is 11.3 Å². The maximum atomic E-state index is 4.64. The largest absolute Gasteiger partial charge is 0.253 e. The standard InChI is InChI=1S/C14H13N/c1-10-5-8-13-11(9-10)6-7-12-3-2-4-14(13)15-12/h2-5,8-9H,6-7H2,1H3. The molecule has 2 heterocycles. The fourth-order valence-electron chi connectivity index (χ4n) is 2.21. The van der Waals surface area contributed by atoms with Crippen molar-refractivity contribution in [2.75, 3.05) is 0 Å². The molecule has 0 fully saturated rings. The van der Waals surface area contributed by atoms with Gasteiger partial charge in [0.05, 0.1) is 5.69 Å². The van der Waals surface area contributed by atoms with E-state index in [1.54, 1.807) is 0 Å². The molecular weight excluding hydrogens is 182 g/mol. The van der Waals surface area contributed by atoms with Crippen molar-refractivity contribution in [1.82, 2.24) is 4.98 Å². The van der Waals surface area contributed by atoms with Crippen LogP contribution < -0.4 is 0 Å². The molecular formula is C14H13N. The Morgan fingerprint density at radius 1 is 1.07 bits per heavy atom. The summed E-state index contributed by atoms with van der Waals surface area (Å²) in [7, 11) is 0. The van der Waals surface area contributed by atoms with Gasteiger partial charge in [-0.2, -0.15) is 0 Å². The molecule has 3 rings (SSSR count). The second-order valence-electron chi connectivity index (χ2n) is 4.17. The molecule has 1 aliphatic heterocycles. The van der Waals surface area contributed by atoms with Gasteiger partial charge in [-0.15, -0.1) is 0 Å². The summed E-state index contributed by atoms with van der Waals surface area (Å²) in [6, 6.07) is 13.0. The quantitative estimate of drug-likeness (QED) is 0.629. The van der Waals surface area contributed by atoms with Gasteiger partial charge < -0.3 is 0 Å². The SMILES string of the molecule is Cc1ccc2c(c1)CCc1cccc-2n1. The maximum Gasteiger partial charge on any atom is 0.0708 e. The van der Waals surface area contributed by atoms with Crippen LogP contribution in [0.2, 0.25) is 0 Å². The molecule has 0 aliphatic carbocycles. The van der Waals surface area contributed by atoms with Crippen LogP contribution in [-0.2, 0) is 12.8 Å². The molecule has 2 aromatic rings. The molecule has 1 aromatic heterocycles. The summed E-state index contributed by atoms with van der Waals surface area (Å²) in [5.74, 6) is 0. The molecule has 0 saturated heterocycles. The highest BCUT2D eigenvalue weighted by Gasteiger charge is 2.11. The van der Waals surface area contributed by atoms with Crippen molar-refractivity contribution in [3.05, 3.63) is 53.2 Å². The predicted octanol–water partition coefficient (Wildman–Crippen LogP) is 3.16. The first kappa shape index (κ1) is 8.66. The van der Waals surface area contributed by atoms with Gasteiger partial charge in [-0.3, -0.25) is 4.98 Å². The van der Waals surface area contributed by atoms with Crippen molar-refractivity contribution in [3.8, 4) is 11.3 Å². The van der Waals surface area contributed by atoms with E-state index in [1.165, 1.54) is 22.4 Å². The van der Waals surface area contributed by atoms with Gasteiger partial charge in [0.2, 0.25) is 0 Å². The van der Waals surface area contributed by atoms with Gasteiger partial charge in [-0.05, 0) is 37.5 Å². The Morgan fingerprint density at radius 3 is 2.93 bits per heavy atom. The first-order valence-electron chi connectivity index (χ1n) is 5.39. The molecule has 0 N–H and O–H groups in total. The van der Waals surface area contributed by atoms with E-state index in [9.17, 15) is 0 Å². The maximum absolute atomic E-state index is 4.64. The average Bonchev–Trinajstić information content (AvgIpc) is 2.37. The van der Waals surface area contributed by atoms with Gasteiger partial charge in [-0.1, -0.05) is 29.8 Å². The number of pyridine rings is 1. The molecule has 1 nitrogen and oxygen atoms in total. The molecule has 0 amide bonds. The molecule has 1 heteroatoms. The van der Waals surface area contributed by atoms with Crippen molar-refractivity contribution in [1.29, 1.82) is 0 Å². The monoisotopic (exact) mass is 195 g/mol. The van der Waals surface area contributed by atoms with E-state index >= 15 is 0 Å². The Balaban J connectivity index is 2.25. The van der Waals surface area contributed by atoms with Crippen molar-refractivity contribution in [2.24, 2.45) is 0 Å². The zero-order valence-corrected chi connectivity index (χ0v) is 8.83. The fourth-order valence-corrected chi connectivity index (χ4v) is 2.21. The van der Waals surface area contributed by atoms with E-state index in [0.717, 1.165) is 18.5 Å². The molecule has 0 saturated carbocycles. The van der Waals surface area contributed by atoms with Gasteiger partial charge in [0, 0.05) is 11.3 Å². The van der Waals surface area contributed by atoms with E-state index in [0.29, 0.717) is 0 Å². The third-order valence-corrected chi connectivity index (χ3v) is 2.99. The summed E-state index contributed by atoms with van der Waals surface area (Å²) in [6.07, 6.45) is 2.17. The van der Waals surface area contributed by atoms with Crippen molar-refractivity contribution in [2.45, 2.75) is 19.8 Å². The summed E-state index contributed by atoms with van der Waals surface area (Å²) in [4.78, 5) is 4.64. The number of rotatable bonds is 0. The Hall–Kier alpha value is -1.63. The minimum absolute atomic E-state index is 1.06. The highest BCUT2D eigenvalue weighted by atomic mass is 14.7. The summed E-state index contributed by atoms with van der Waals surface area (Å²) in [5.41, 5.74) is 6.41. The summed E-state index contributed by atoms with van der Waals surface area (Å²) in [6.45, 7) is 2.15. The lowest BCUT2D eigenvalue weighted by Gasteiger charge is -2.05. The Labute approximate surface area is 89.8 Å². The van der Waals surface area contributed by atoms with Crippen molar-refractivity contribution in [3.63, 3.8) is 0 Å². The van der Waals surface area contributed by atoms with Crippen LogP contribution in [0.5, 0.6) is 0 Å². The molecule has 0 unspecified atom stereocenters. The highest BCUT2D eigenvalue weighted by molar-refractivity contribution is 5.65. The van der Waals surface area contributed by atoms with Gasteiger partial charge >= 0.3 is 0 Å². The third kappa shape index (κ3) is 1.44. The average molecular weight is 195 g/mol. The van der Waals surface area contributed by atoms with Crippen LogP contribution in [-0.4, -0.2) is 4.98 Å². The Kier molecular flexibility index (Phi) is 1.84. The molecule has 0 radical (unpaired) electrons. The topological polar surface area (TPSA) is 12.9 Å². The molecule has 1 aromatic carbocycles. The molecule has 0 atom stereocenters. The molecule has 15 heavy (non-hydrogen) atoms. The first-order valence-corrected chi connectivity index (χ1v) is 5.39. The number of fused-ring (bicyclic) bond motifs is 4. The highest BCUT2D eigenvalue weighted by Crippen LogP contribution is 2.27. The lowest BCUT2D eigenvalue weighted by atomic mass is 9.99. The fraction of sp³-hybridized carbons (Fsp3) is 0.214. The number of aryl methyl sites for hydroxylation is 3. The number of aromatic nitrogens is 1. The number of hydrogen-bond donors (Lipinski definition) is 0. The van der Waals surface area contributed by atoms with Crippen LogP contribution in [0, 0.1) is 6.92 Å². The molecule has 1 aliphatic rings. The summed E-state index contributed by atoms with van der Waals surface area (Å²) in [5, 5.41) is 0. The van der Waals surface area contributed by atoms with Crippen LogP contribution in [0.15, 0.2) is 36.4 Å². The zero-order chi connectivity index (χ0) is 10.3. The second kappa shape index (κ2) is 3.20. The lowest BCUT2D eigenvalue weighted by molar-refractivity contribution is 0.936. The summed E-state index contributed by atoms with van der Waals surface area (Å²) < 4.78 is 0. The Morgan fingerprint density at radius 2 is 2.00 bits per heavy atom. The molecule has 2 bridgehead atoms. The Bertz CT molecular complexity index is 514. The zero-order valence-electron chi connectivity index (χ0n) is 8.83. The number of benzene rings is 1. The number of nitrogens with zero attached hydrogens (tertiary/aromatic N) is 1. The van der Waals surface area contributed by atoms with E-state index < -0.39 is 0 Å². The first-order chi connectivity index (χ1) is 7.33. The van der Waals surface area contributed by atoms with Gasteiger partial charge in [0.25, 0.3) is 0 Å². The van der Waals surface area contributed by atoms with Crippen LogP contribution in [0.4, 0.5) is 0 Å². The van der Waals surface area contributed by atoms with Gasteiger partial charge in [-0.25, -0.2) is 0 Å². The van der Waals surface area contributed by atoms with Crippen LogP contribution in [0.1, 0.15) is 16.8 Å². The van der Waals surface area contributed by atoms with E-state index in [-0.39, 0.29) is 0 Å². The summed E-state index contributed by atoms with van der Waals surface area (Å²) >= 11 is 0. The van der Waals surface area contributed by atoms with E-state index in [2.05, 4.69) is 48.3 Å². The third-order valence-electron chi connectivity index (χ3n) is 2.99. The smallest absolute Gasteiger partial charge is 0.0708 e. The van der Waals surface area contributed by atoms with Crippen LogP contribution in [0.3, 0.4) is 0 Å². The lowest BCUT2D eigenvalue weighted by Crippen LogP contribution is -1.90. The minimum Gasteiger partial charge on any atom is -0.253 e. The molecule has 0 spiro atoms. The predicted molar refractivity (Wildman–Crippen MR) is 61.8 cm³/mol. The molecule has 74 valence electrons. The van der Waals surface area contributed by atoms with Gasteiger partial charge in [0.15, 0.2) is 0 Å². The van der Waals surface area contributed by atoms with Crippen molar-refractivity contribution < 1.29 is 0 Å².